The highest BCUT2D eigenvalue weighted by molar-refractivity contribution is 6.10. The smallest absolute Gasteiger partial charge is 0.319 e. The van der Waals surface area contributed by atoms with E-state index in [0.29, 0.717) is 30.6 Å². The van der Waals surface area contributed by atoms with Crippen LogP contribution in [0.1, 0.15) is 36.5 Å². The van der Waals surface area contributed by atoms with Gasteiger partial charge < -0.3 is 15.7 Å². The van der Waals surface area contributed by atoms with Crippen molar-refractivity contribution in [3.63, 3.8) is 0 Å². The number of rotatable bonds is 6. The fraction of sp³-hybridized carbons (Fsp3) is 0.400. The Morgan fingerprint density at radius 3 is 2.29 bits per heavy atom. The molecular weight excluding hydrogens is 272 g/mol. The summed E-state index contributed by atoms with van der Waals surface area (Å²) in [5.41, 5.74) is -0.280. The van der Waals surface area contributed by atoms with E-state index < -0.39 is 17.3 Å². The van der Waals surface area contributed by atoms with Crippen LogP contribution in [0.4, 0.5) is 5.69 Å². The van der Waals surface area contributed by atoms with Gasteiger partial charge in [-0.15, -0.1) is 0 Å². The molecule has 2 rings (SSSR count). The van der Waals surface area contributed by atoms with Crippen molar-refractivity contribution in [2.24, 2.45) is 5.41 Å². The molecule has 1 aromatic carbocycles. The third-order valence-electron chi connectivity index (χ3n) is 3.53. The van der Waals surface area contributed by atoms with Gasteiger partial charge in [0.25, 0.3) is 5.91 Å². The molecule has 0 aromatic heterocycles. The molecule has 2 amide bonds. The Bertz CT molecular complexity index is 562. The number of amides is 2. The molecule has 0 aliphatic heterocycles. The maximum atomic E-state index is 11.9. The summed E-state index contributed by atoms with van der Waals surface area (Å²) >= 11 is 0. The van der Waals surface area contributed by atoms with E-state index in [2.05, 4.69) is 10.6 Å². The first-order chi connectivity index (χ1) is 9.99. The van der Waals surface area contributed by atoms with Crippen LogP contribution in [0.25, 0.3) is 0 Å². The second-order valence-corrected chi connectivity index (χ2v) is 5.17. The SMILES string of the molecule is CCCNC(=O)c1ccc(NC(=O)C2(C(=O)O)CC2)cc1. The zero-order chi connectivity index (χ0) is 15.5. The van der Waals surface area contributed by atoms with E-state index in [4.69, 9.17) is 5.11 Å². The van der Waals surface area contributed by atoms with Crippen LogP contribution in [-0.4, -0.2) is 29.4 Å². The number of carbonyl (C=O) groups is 3. The van der Waals surface area contributed by atoms with E-state index in [1.165, 1.54) is 0 Å². The highest BCUT2D eigenvalue weighted by Crippen LogP contribution is 2.46. The molecule has 0 heterocycles. The summed E-state index contributed by atoms with van der Waals surface area (Å²) in [6.45, 7) is 2.58. The number of anilines is 1. The molecule has 6 nitrogen and oxygen atoms in total. The van der Waals surface area contributed by atoms with Crippen LogP contribution < -0.4 is 10.6 Å². The molecule has 1 aromatic rings. The molecule has 0 atom stereocenters. The Labute approximate surface area is 122 Å². The predicted molar refractivity (Wildman–Crippen MR) is 77.0 cm³/mol. The molecule has 1 aliphatic rings. The van der Waals surface area contributed by atoms with Crippen molar-refractivity contribution in [3.8, 4) is 0 Å². The number of carbonyl (C=O) groups excluding carboxylic acids is 2. The highest BCUT2D eigenvalue weighted by Gasteiger charge is 2.57. The second-order valence-electron chi connectivity index (χ2n) is 5.17. The lowest BCUT2D eigenvalue weighted by Gasteiger charge is -2.11. The van der Waals surface area contributed by atoms with Gasteiger partial charge in [-0.1, -0.05) is 6.92 Å². The molecule has 3 N–H and O–H groups in total. The second kappa shape index (κ2) is 5.95. The molecule has 21 heavy (non-hydrogen) atoms. The van der Waals surface area contributed by atoms with Gasteiger partial charge in [0.1, 0.15) is 5.41 Å². The average molecular weight is 290 g/mol. The van der Waals surface area contributed by atoms with E-state index in [-0.39, 0.29) is 5.91 Å². The van der Waals surface area contributed by atoms with Gasteiger partial charge in [-0.3, -0.25) is 14.4 Å². The summed E-state index contributed by atoms with van der Waals surface area (Å²) in [5, 5.41) is 14.4. The zero-order valence-corrected chi connectivity index (χ0v) is 11.8. The Kier molecular flexibility index (Phi) is 4.26. The lowest BCUT2D eigenvalue weighted by molar-refractivity contribution is -0.147. The van der Waals surface area contributed by atoms with Crippen molar-refractivity contribution < 1.29 is 19.5 Å². The first-order valence-electron chi connectivity index (χ1n) is 6.93. The summed E-state index contributed by atoms with van der Waals surface area (Å²) in [5.74, 6) is -1.76. The molecule has 0 radical (unpaired) electrons. The maximum Gasteiger partial charge on any atom is 0.319 e. The van der Waals surface area contributed by atoms with Gasteiger partial charge in [-0.2, -0.15) is 0 Å². The number of carboxylic acids is 1. The molecule has 1 fully saturated rings. The van der Waals surface area contributed by atoms with Gasteiger partial charge in [-0.05, 0) is 43.5 Å². The van der Waals surface area contributed by atoms with Crippen molar-refractivity contribution in [2.75, 3.05) is 11.9 Å². The summed E-state index contributed by atoms with van der Waals surface area (Å²) in [7, 11) is 0. The minimum Gasteiger partial charge on any atom is -0.480 e. The fourth-order valence-corrected chi connectivity index (χ4v) is 1.96. The number of aliphatic carboxylic acids is 1. The Balaban J connectivity index is 1.98. The van der Waals surface area contributed by atoms with Crippen LogP contribution in [0.15, 0.2) is 24.3 Å². The third-order valence-corrected chi connectivity index (χ3v) is 3.53. The standard InChI is InChI=1S/C15H18N2O4/c1-2-9-16-12(18)10-3-5-11(6-4-10)17-13(19)15(7-8-15)14(20)21/h3-6H,2,7-9H2,1H3,(H,16,18)(H,17,19)(H,20,21). The fourth-order valence-electron chi connectivity index (χ4n) is 1.96. The molecule has 0 spiro atoms. The van der Waals surface area contributed by atoms with Gasteiger partial charge in [0.2, 0.25) is 5.91 Å². The van der Waals surface area contributed by atoms with Gasteiger partial charge in [0.15, 0.2) is 0 Å². The normalized spacial score (nSPS) is 15.1. The van der Waals surface area contributed by atoms with Crippen LogP contribution in [0.3, 0.4) is 0 Å². The van der Waals surface area contributed by atoms with Crippen LogP contribution in [0, 0.1) is 5.41 Å². The van der Waals surface area contributed by atoms with E-state index in [9.17, 15) is 14.4 Å². The van der Waals surface area contributed by atoms with E-state index >= 15 is 0 Å². The van der Waals surface area contributed by atoms with Crippen molar-refractivity contribution >= 4 is 23.5 Å². The average Bonchev–Trinajstić information content (AvgIpc) is 3.27. The summed E-state index contributed by atoms with van der Waals surface area (Å²) < 4.78 is 0. The van der Waals surface area contributed by atoms with Crippen LogP contribution in [-0.2, 0) is 9.59 Å². The van der Waals surface area contributed by atoms with Crippen molar-refractivity contribution in [3.05, 3.63) is 29.8 Å². The first-order valence-corrected chi connectivity index (χ1v) is 6.93. The minimum absolute atomic E-state index is 0.168. The van der Waals surface area contributed by atoms with Crippen molar-refractivity contribution in [2.45, 2.75) is 26.2 Å². The highest BCUT2D eigenvalue weighted by atomic mass is 16.4. The van der Waals surface area contributed by atoms with Gasteiger partial charge in [-0.25, -0.2) is 0 Å². The van der Waals surface area contributed by atoms with Crippen LogP contribution in [0.2, 0.25) is 0 Å². The summed E-state index contributed by atoms with van der Waals surface area (Å²) in [4.78, 5) is 34.7. The van der Waals surface area contributed by atoms with Crippen molar-refractivity contribution in [1.29, 1.82) is 0 Å². The maximum absolute atomic E-state index is 11.9. The summed E-state index contributed by atoms with van der Waals surface area (Å²) in [6, 6.07) is 6.38. The lowest BCUT2D eigenvalue weighted by Crippen LogP contribution is -2.31. The van der Waals surface area contributed by atoms with Crippen LogP contribution in [0.5, 0.6) is 0 Å². The molecule has 1 aliphatic carbocycles. The first kappa shape index (κ1) is 15.0. The Morgan fingerprint density at radius 2 is 1.81 bits per heavy atom. The molecule has 6 heteroatoms. The van der Waals surface area contributed by atoms with E-state index in [1.54, 1.807) is 24.3 Å². The molecule has 0 saturated heterocycles. The monoisotopic (exact) mass is 290 g/mol. The summed E-state index contributed by atoms with van der Waals surface area (Å²) in [6.07, 6.45) is 1.59. The molecule has 112 valence electrons. The number of benzene rings is 1. The molecule has 1 saturated carbocycles. The quantitative estimate of drug-likeness (QED) is 0.694. The Morgan fingerprint density at radius 1 is 1.19 bits per heavy atom. The number of hydrogen-bond acceptors (Lipinski definition) is 3. The third kappa shape index (κ3) is 3.21. The Hall–Kier alpha value is -2.37. The van der Waals surface area contributed by atoms with Crippen molar-refractivity contribution in [1.82, 2.24) is 5.32 Å². The number of hydrogen-bond donors (Lipinski definition) is 3. The van der Waals surface area contributed by atoms with Gasteiger partial charge >= 0.3 is 5.97 Å². The topological polar surface area (TPSA) is 95.5 Å². The number of carboxylic acid groups (broad SMARTS) is 1. The molecule has 0 bridgehead atoms. The minimum atomic E-state index is -1.27. The predicted octanol–water partition coefficient (Wildman–Crippen LogP) is 1.63. The largest absolute Gasteiger partial charge is 0.480 e. The van der Waals surface area contributed by atoms with Gasteiger partial charge in [0.05, 0.1) is 0 Å². The van der Waals surface area contributed by atoms with E-state index in [1.807, 2.05) is 6.92 Å². The van der Waals surface area contributed by atoms with Crippen LogP contribution >= 0.6 is 0 Å². The zero-order valence-electron chi connectivity index (χ0n) is 11.8. The number of nitrogens with one attached hydrogen (secondary N) is 2. The van der Waals surface area contributed by atoms with E-state index in [0.717, 1.165) is 6.42 Å². The van der Waals surface area contributed by atoms with Gasteiger partial charge in [0, 0.05) is 17.8 Å². The molecular formula is C15H18N2O4. The molecule has 0 unspecified atom stereocenters. The lowest BCUT2D eigenvalue weighted by atomic mass is 10.1.